The van der Waals surface area contributed by atoms with Crippen LogP contribution in [-0.4, -0.2) is 6.18 Å². The predicted molar refractivity (Wildman–Crippen MR) is 143 cm³/mol. The molecule has 4 aromatic carbocycles. The van der Waals surface area contributed by atoms with Crippen LogP contribution in [0.15, 0.2) is 73.0 Å². The van der Waals surface area contributed by atoms with E-state index in [1.54, 1.807) is 6.07 Å². The van der Waals surface area contributed by atoms with E-state index in [0.717, 1.165) is 24.1 Å². The molecule has 2 nitrogen and oxygen atoms in total. The number of benzene rings is 4. The van der Waals surface area contributed by atoms with E-state index >= 15 is 4.39 Å². The highest BCUT2D eigenvalue weighted by Gasteiger charge is 2.41. The van der Waals surface area contributed by atoms with Crippen molar-refractivity contribution in [2.75, 3.05) is 0 Å². The minimum absolute atomic E-state index is 0.00973. The molecule has 0 bridgehead atoms. The number of halogens is 11. The zero-order chi connectivity index (χ0) is 32.4. The van der Waals surface area contributed by atoms with Crippen LogP contribution >= 0.6 is 11.6 Å². The van der Waals surface area contributed by atoms with Crippen molar-refractivity contribution < 1.29 is 53.4 Å². The van der Waals surface area contributed by atoms with Crippen LogP contribution in [0.2, 0.25) is 5.02 Å². The minimum atomic E-state index is -4.76. The van der Waals surface area contributed by atoms with Crippen LogP contribution in [0.1, 0.15) is 24.5 Å². The number of ether oxygens (including phenoxy) is 2. The van der Waals surface area contributed by atoms with Crippen molar-refractivity contribution in [2.45, 2.75) is 32.1 Å². The molecule has 232 valence electrons. The molecule has 0 unspecified atom stereocenters. The van der Waals surface area contributed by atoms with Crippen molar-refractivity contribution in [1.29, 1.82) is 0 Å². The second kappa shape index (κ2) is 12.8. The Kier molecular flexibility index (Phi) is 9.53. The summed E-state index contributed by atoms with van der Waals surface area (Å²) >= 11 is 6.19. The van der Waals surface area contributed by atoms with Crippen LogP contribution in [0.5, 0.6) is 11.5 Å². The van der Waals surface area contributed by atoms with Gasteiger partial charge in [-0.3, -0.25) is 0 Å². The molecule has 4 aromatic rings. The number of hydrogen-bond donors (Lipinski definition) is 0. The van der Waals surface area contributed by atoms with E-state index in [9.17, 15) is 39.5 Å². The molecule has 0 aliphatic carbocycles. The SMILES string of the molecule is CCCc1ccc(-c2cc(F)c(-c3cc(F)c(C(F)(F)Oc4ccc(O/C=C/C(F)(F)F)c(F)c4)c(F)c3)c(Cl)c2)c(F)c1. The van der Waals surface area contributed by atoms with E-state index in [-0.39, 0.29) is 23.5 Å². The van der Waals surface area contributed by atoms with Crippen LogP contribution in [0.3, 0.4) is 0 Å². The first kappa shape index (κ1) is 32.7. The maximum atomic E-state index is 15.2. The molecule has 0 N–H and O–H groups in total. The number of allylic oxidation sites excluding steroid dienone is 1. The second-order valence-electron chi connectivity index (χ2n) is 9.37. The summed E-state index contributed by atoms with van der Waals surface area (Å²) in [6.07, 6.45) is -8.34. The lowest BCUT2D eigenvalue weighted by Crippen LogP contribution is -2.25. The third-order valence-electron chi connectivity index (χ3n) is 6.15. The Bertz CT molecular complexity index is 1670. The van der Waals surface area contributed by atoms with Gasteiger partial charge in [-0.15, -0.1) is 0 Å². The number of aryl methyl sites for hydroxylation is 1. The molecule has 0 amide bonds. The Balaban J connectivity index is 1.61. The molecule has 0 aliphatic heterocycles. The highest BCUT2D eigenvalue weighted by molar-refractivity contribution is 6.33. The molecule has 0 aliphatic rings. The molecule has 0 fully saturated rings. The molecule has 44 heavy (non-hydrogen) atoms. The highest BCUT2D eigenvalue weighted by Crippen LogP contribution is 2.41. The number of hydrogen-bond acceptors (Lipinski definition) is 2. The summed E-state index contributed by atoms with van der Waals surface area (Å²) in [4.78, 5) is 0. The van der Waals surface area contributed by atoms with Crippen molar-refractivity contribution in [3.05, 3.63) is 118 Å². The molecule has 0 saturated heterocycles. The van der Waals surface area contributed by atoms with Gasteiger partial charge in [-0.25, -0.2) is 22.0 Å². The van der Waals surface area contributed by atoms with Gasteiger partial charge >= 0.3 is 12.3 Å². The van der Waals surface area contributed by atoms with Gasteiger partial charge in [0.15, 0.2) is 11.6 Å². The van der Waals surface area contributed by atoms with Gasteiger partial charge < -0.3 is 9.47 Å². The summed E-state index contributed by atoms with van der Waals surface area (Å²) in [5.41, 5.74) is -2.27. The van der Waals surface area contributed by atoms with Gasteiger partial charge in [0.25, 0.3) is 0 Å². The first-order chi connectivity index (χ1) is 20.6. The number of rotatable bonds is 9. The fraction of sp³-hybridized carbons (Fsp3) is 0.161. The van der Waals surface area contributed by atoms with E-state index in [4.69, 9.17) is 11.6 Å². The van der Waals surface area contributed by atoms with Crippen molar-refractivity contribution in [2.24, 2.45) is 0 Å². The topological polar surface area (TPSA) is 18.5 Å². The minimum Gasteiger partial charge on any atom is -0.462 e. The molecule has 0 aromatic heterocycles. The smallest absolute Gasteiger partial charge is 0.432 e. The van der Waals surface area contributed by atoms with Gasteiger partial charge in [-0.1, -0.05) is 37.1 Å². The van der Waals surface area contributed by atoms with Gasteiger partial charge in [0.2, 0.25) is 0 Å². The molecule has 0 saturated carbocycles. The lowest BCUT2D eigenvalue weighted by Gasteiger charge is -2.20. The van der Waals surface area contributed by atoms with Crippen molar-refractivity contribution >= 4 is 11.6 Å². The maximum absolute atomic E-state index is 15.2. The van der Waals surface area contributed by atoms with Crippen LogP contribution < -0.4 is 9.47 Å². The van der Waals surface area contributed by atoms with Crippen molar-refractivity contribution in [3.8, 4) is 33.8 Å². The van der Waals surface area contributed by atoms with Crippen LogP contribution in [0.25, 0.3) is 22.3 Å². The third kappa shape index (κ3) is 7.47. The molecule has 0 heterocycles. The van der Waals surface area contributed by atoms with Gasteiger partial charge in [0, 0.05) is 17.2 Å². The van der Waals surface area contributed by atoms with Crippen LogP contribution in [0.4, 0.5) is 43.9 Å². The summed E-state index contributed by atoms with van der Waals surface area (Å²) in [6.45, 7) is 1.91. The molecular weight excluding hydrogens is 630 g/mol. The molecule has 13 heteroatoms. The van der Waals surface area contributed by atoms with E-state index < -0.39 is 74.6 Å². The largest absolute Gasteiger partial charge is 0.462 e. The quantitative estimate of drug-likeness (QED) is 0.133. The van der Waals surface area contributed by atoms with E-state index in [2.05, 4.69) is 9.47 Å². The van der Waals surface area contributed by atoms with Crippen molar-refractivity contribution in [3.63, 3.8) is 0 Å². The molecule has 0 spiro atoms. The summed E-state index contributed by atoms with van der Waals surface area (Å²) < 4.78 is 149. The average Bonchev–Trinajstić information content (AvgIpc) is 2.88. The molecule has 0 radical (unpaired) electrons. The lowest BCUT2D eigenvalue weighted by molar-refractivity contribution is -0.189. The first-order valence-corrected chi connectivity index (χ1v) is 13.0. The summed E-state index contributed by atoms with van der Waals surface area (Å²) in [7, 11) is 0. The Morgan fingerprint density at radius 2 is 1.39 bits per heavy atom. The summed E-state index contributed by atoms with van der Waals surface area (Å²) in [5.74, 6) is -8.69. The monoisotopic (exact) mass is 648 g/mol. The standard InChI is InChI=1S/C31H19ClF10O2/c1-2-3-16-4-6-20(22(33)10-16)17-11-21(32)28(24(35)12-17)18-13-25(36)29(26(37)14-18)31(41,42)44-19-5-7-27(23(34)15-19)43-9-8-30(38,39)40/h4-15H,2-3H2,1H3/b9-8+. The fourth-order valence-corrected chi connectivity index (χ4v) is 4.58. The van der Waals surface area contributed by atoms with E-state index in [1.165, 1.54) is 12.1 Å². The Labute approximate surface area is 249 Å². The normalized spacial score (nSPS) is 12.2. The first-order valence-electron chi connectivity index (χ1n) is 12.6. The zero-order valence-electron chi connectivity index (χ0n) is 22.3. The maximum Gasteiger partial charge on any atom is 0.432 e. The summed E-state index contributed by atoms with van der Waals surface area (Å²) in [6, 6.07) is 8.77. The number of alkyl halides is 5. The van der Waals surface area contributed by atoms with Crippen LogP contribution in [0, 0.1) is 29.1 Å². The summed E-state index contributed by atoms with van der Waals surface area (Å²) in [5, 5.41) is -0.394. The van der Waals surface area contributed by atoms with Crippen molar-refractivity contribution in [1.82, 2.24) is 0 Å². The van der Waals surface area contributed by atoms with Gasteiger partial charge in [-0.05, 0) is 65.6 Å². The lowest BCUT2D eigenvalue weighted by atomic mass is 9.96. The van der Waals surface area contributed by atoms with Gasteiger partial charge in [0.05, 0.1) is 17.4 Å². The Morgan fingerprint density at radius 1 is 0.727 bits per heavy atom. The predicted octanol–water partition coefficient (Wildman–Crippen LogP) is 10.9. The van der Waals surface area contributed by atoms with Gasteiger partial charge in [-0.2, -0.15) is 22.0 Å². The highest BCUT2D eigenvalue weighted by atomic mass is 35.5. The van der Waals surface area contributed by atoms with Gasteiger partial charge in [0.1, 0.15) is 34.6 Å². The van der Waals surface area contributed by atoms with Crippen LogP contribution in [-0.2, 0) is 12.5 Å². The third-order valence-corrected chi connectivity index (χ3v) is 6.45. The van der Waals surface area contributed by atoms with E-state index in [0.29, 0.717) is 36.8 Å². The molecule has 4 rings (SSSR count). The Hall–Kier alpha value is -4.19. The van der Waals surface area contributed by atoms with E-state index in [1.807, 2.05) is 6.92 Å². The Morgan fingerprint density at radius 3 is 1.95 bits per heavy atom. The molecular formula is C31H19ClF10O2. The fourth-order valence-electron chi connectivity index (χ4n) is 4.26. The average molecular weight is 649 g/mol. The molecule has 0 atom stereocenters. The zero-order valence-corrected chi connectivity index (χ0v) is 23.1. The second-order valence-corrected chi connectivity index (χ2v) is 9.77.